The first-order valence-corrected chi connectivity index (χ1v) is 6.37. The maximum absolute atomic E-state index is 11.8. The van der Waals surface area contributed by atoms with Crippen LogP contribution in [0.1, 0.15) is 31.3 Å². The number of aryl methyl sites for hydroxylation is 1. The average molecular weight is 263 g/mol. The molecule has 0 N–H and O–H groups in total. The Bertz CT molecular complexity index is 592. The van der Waals surface area contributed by atoms with E-state index in [1.807, 2.05) is 13.8 Å². The lowest BCUT2D eigenvalue weighted by molar-refractivity contribution is 0.0519. The quantitative estimate of drug-likeness (QED) is 0.772. The Hall–Kier alpha value is -2.11. The number of carbonyl (C=O) groups excluding carboxylic acids is 1. The first-order chi connectivity index (χ1) is 9.21. The summed E-state index contributed by atoms with van der Waals surface area (Å²) in [6, 6.07) is 1.60. The van der Waals surface area contributed by atoms with E-state index in [-0.39, 0.29) is 5.69 Å². The van der Waals surface area contributed by atoms with Gasteiger partial charge in [0.05, 0.1) is 24.8 Å². The number of hydrogen-bond acceptors (Lipinski definition) is 5. The van der Waals surface area contributed by atoms with Crippen molar-refractivity contribution < 1.29 is 14.3 Å². The van der Waals surface area contributed by atoms with E-state index in [9.17, 15) is 4.79 Å². The molecule has 2 aromatic heterocycles. The van der Waals surface area contributed by atoms with Crippen molar-refractivity contribution >= 4 is 17.0 Å². The molecule has 6 nitrogen and oxygen atoms in total. The number of ether oxygens (including phenoxy) is 2. The van der Waals surface area contributed by atoms with Crippen LogP contribution in [0.15, 0.2) is 12.3 Å². The average Bonchev–Trinajstić information content (AvgIpc) is 2.82. The Balaban J connectivity index is 2.56. The monoisotopic (exact) mass is 263 g/mol. The van der Waals surface area contributed by atoms with Crippen molar-refractivity contribution in [2.75, 3.05) is 13.2 Å². The summed E-state index contributed by atoms with van der Waals surface area (Å²) in [5.74, 6) is 0.157. The first-order valence-electron chi connectivity index (χ1n) is 6.37. The number of nitrogens with zero attached hydrogens (tertiary/aromatic N) is 3. The second-order valence-electron chi connectivity index (χ2n) is 3.86. The van der Waals surface area contributed by atoms with E-state index in [1.54, 1.807) is 23.9 Å². The molecule has 0 unspecified atom stereocenters. The van der Waals surface area contributed by atoms with Gasteiger partial charge in [0.2, 0.25) is 0 Å². The molecule has 0 bridgehead atoms. The highest BCUT2D eigenvalue weighted by Crippen LogP contribution is 2.25. The van der Waals surface area contributed by atoms with E-state index in [0.29, 0.717) is 31.2 Å². The van der Waals surface area contributed by atoms with Crippen LogP contribution in [0.5, 0.6) is 5.75 Å². The minimum absolute atomic E-state index is 0.244. The molecular formula is C13H17N3O3. The van der Waals surface area contributed by atoms with Gasteiger partial charge in [-0.05, 0) is 20.8 Å². The molecule has 6 heteroatoms. The van der Waals surface area contributed by atoms with Gasteiger partial charge in [0.1, 0.15) is 5.75 Å². The van der Waals surface area contributed by atoms with E-state index < -0.39 is 5.97 Å². The fourth-order valence-corrected chi connectivity index (χ4v) is 1.83. The SMILES string of the molecule is CCOC(=O)c1cc(OCC)c2cnn(CC)c2n1. The molecule has 2 aromatic rings. The molecule has 2 rings (SSSR count). The minimum Gasteiger partial charge on any atom is -0.493 e. The predicted octanol–water partition coefficient (Wildman–Crippen LogP) is 2.03. The third-order valence-corrected chi connectivity index (χ3v) is 2.66. The van der Waals surface area contributed by atoms with Crippen LogP contribution in [-0.2, 0) is 11.3 Å². The largest absolute Gasteiger partial charge is 0.493 e. The third-order valence-electron chi connectivity index (χ3n) is 2.66. The van der Waals surface area contributed by atoms with Gasteiger partial charge in [0.15, 0.2) is 11.3 Å². The summed E-state index contributed by atoms with van der Waals surface area (Å²) in [6.07, 6.45) is 1.70. The zero-order valence-corrected chi connectivity index (χ0v) is 11.3. The van der Waals surface area contributed by atoms with E-state index in [4.69, 9.17) is 9.47 Å². The zero-order valence-electron chi connectivity index (χ0n) is 11.3. The van der Waals surface area contributed by atoms with Gasteiger partial charge >= 0.3 is 5.97 Å². The molecular weight excluding hydrogens is 246 g/mol. The molecule has 0 aliphatic carbocycles. The Morgan fingerprint density at radius 2 is 2.11 bits per heavy atom. The summed E-state index contributed by atoms with van der Waals surface area (Å²) in [6.45, 7) is 7.12. The number of hydrogen-bond donors (Lipinski definition) is 0. The predicted molar refractivity (Wildman–Crippen MR) is 70.3 cm³/mol. The molecule has 0 amide bonds. The van der Waals surface area contributed by atoms with Crippen molar-refractivity contribution in [3.63, 3.8) is 0 Å². The molecule has 2 heterocycles. The molecule has 0 spiro atoms. The Labute approximate surface area is 111 Å². The van der Waals surface area contributed by atoms with Crippen molar-refractivity contribution in [2.24, 2.45) is 0 Å². The van der Waals surface area contributed by atoms with Crippen LogP contribution in [0.4, 0.5) is 0 Å². The van der Waals surface area contributed by atoms with Crippen LogP contribution in [0, 0.1) is 0 Å². The van der Waals surface area contributed by atoms with Crippen LogP contribution >= 0.6 is 0 Å². The molecule has 0 saturated carbocycles. The van der Waals surface area contributed by atoms with Crippen molar-refractivity contribution in [3.8, 4) is 5.75 Å². The maximum atomic E-state index is 11.8. The lowest BCUT2D eigenvalue weighted by Gasteiger charge is -2.08. The van der Waals surface area contributed by atoms with Crippen LogP contribution in [-0.4, -0.2) is 33.9 Å². The molecule has 102 valence electrons. The van der Waals surface area contributed by atoms with E-state index >= 15 is 0 Å². The van der Waals surface area contributed by atoms with Gasteiger partial charge in [0, 0.05) is 12.6 Å². The highest BCUT2D eigenvalue weighted by molar-refractivity contribution is 5.92. The summed E-state index contributed by atoms with van der Waals surface area (Å²) in [4.78, 5) is 16.1. The zero-order chi connectivity index (χ0) is 13.8. The fraction of sp³-hybridized carbons (Fsp3) is 0.462. The van der Waals surface area contributed by atoms with E-state index in [2.05, 4.69) is 10.1 Å². The number of rotatable bonds is 5. The molecule has 0 aliphatic rings. The second kappa shape index (κ2) is 5.69. The fourth-order valence-electron chi connectivity index (χ4n) is 1.83. The van der Waals surface area contributed by atoms with Gasteiger partial charge in [-0.15, -0.1) is 0 Å². The molecule has 0 radical (unpaired) electrons. The highest BCUT2D eigenvalue weighted by Gasteiger charge is 2.16. The van der Waals surface area contributed by atoms with E-state index in [1.165, 1.54) is 0 Å². The molecule has 0 atom stereocenters. The number of pyridine rings is 1. The lowest BCUT2D eigenvalue weighted by Crippen LogP contribution is -2.09. The highest BCUT2D eigenvalue weighted by atomic mass is 16.5. The molecule has 0 fully saturated rings. The Morgan fingerprint density at radius 1 is 1.32 bits per heavy atom. The molecule has 0 aromatic carbocycles. The summed E-state index contributed by atoms with van der Waals surface area (Å²) >= 11 is 0. The Morgan fingerprint density at radius 3 is 2.74 bits per heavy atom. The van der Waals surface area contributed by atoms with Gasteiger partial charge in [0.25, 0.3) is 0 Å². The number of esters is 1. The summed E-state index contributed by atoms with van der Waals surface area (Å²) in [5, 5.41) is 5.03. The van der Waals surface area contributed by atoms with Crippen LogP contribution in [0.2, 0.25) is 0 Å². The van der Waals surface area contributed by atoms with Gasteiger partial charge in [-0.3, -0.25) is 0 Å². The number of fused-ring (bicyclic) bond motifs is 1. The van der Waals surface area contributed by atoms with Gasteiger partial charge in [-0.2, -0.15) is 5.10 Å². The normalized spacial score (nSPS) is 10.7. The van der Waals surface area contributed by atoms with Crippen molar-refractivity contribution in [2.45, 2.75) is 27.3 Å². The molecule has 19 heavy (non-hydrogen) atoms. The van der Waals surface area contributed by atoms with Gasteiger partial charge < -0.3 is 9.47 Å². The van der Waals surface area contributed by atoms with Gasteiger partial charge in [-0.1, -0.05) is 0 Å². The smallest absolute Gasteiger partial charge is 0.357 e. The van der Waals surface area contributed by atoms with Crippen molar-refractivity contribution in [3.05, 3.63) is 18.0 Å². The summed E-state index contributed by atoms with van der Waals surface area (Å²) in [5.41, 5.74) is 0.879. The standard InChI is InChI=1S/C13H17N3O3/c1-4-16-12-9(8-14-16)11(18-5-2)7-10(15-12)13(17)19-6-3/h7-8H,4-6H2,1-3H3. The van der Waals surface area contributed by atoms with Crippen LogP contribution in [0.25, 0.3) is 11.0 Å². The van der Waals surface area contributed by atoms with Crippen molar-refractivity contribution in [1.82, 2.24) is 14.8 Å². The van der Waals surface area contributed by atoms with Crippen molar-refractivity contribution in [1.29, 1.82) is 0 Å². The summed E-state index contributed by atoms with van der Waals surface area (Å²) < 4.78 is 12.2. The third kappa shape index (κ3) is 2.52. The summed E-state index contributed by atoms with van der Waals surface area (Å²) in [7, 11) is 0. The first kappa shape index (κ1) is 13.3. The second-order valence-corrected chi connectivity index (χ2v) is 3.86. The van der Waals surface area contributed by atoms with Crippen LogP contribution in [0.3, 0.4) is 0 Å². The maximum Gasteiger partial charge on any atom is 0.357 e. The number of aromatic nitrogens is 3. The minimum atomic E-state index is -0.450. The van der Waals surface area contributed by atoms with Gasteiger partial charge in [-0.25, -0.2) is 14.5 Å². The lowest BCUT2D eigenvalue weighted by atomic mass is 10.2. The molecule has 0 saturated heterocycles. The van der Waals surface area contributed by atoms with Crippen LogP contribution < -0.4 is 4.74 Å². The van der Waals surface area contributed by atoms with E-state index in [0.717, 1.165) is 5.39 Å². The Kier molecular flexibility index (Phi) is 3.99. The molecule has 0 aliphatic heterocycles. The number of carbonyl (C=O) groups is 1. The topological polar surface area (TPSA) is 66.2 Å².